The highest BCUT2D eigenvalue weighted by Gasteiger charge is 2.32. The van der Waals surface area contributed by atoms with Crippen LogP contribution in [0.25, 0.3) is 32.7 Å². The molecule has 0 fully saturated rings. The first-order chi connectivity index (χ1) is 17.1. The summed E-state index contributed by atoms with van der Waals surface area (Å²) in [6, 6.07) is 18.5. The molecule has 1 aliphatic rings. The minimum absolute atomic E-state index is 0.246. The van der Waals surface area contributed by atoms with Crippen LogP contribution in [0.1, 0.15) is 53.5 Å². The summed E-state index contributed by atoms with van der Waals surface area (Å²) in [6.07, 6.45) is 7.57. The Labute approximate surface area is 217 Å². The molecule has 0 spiro atoms. The zero-order valence-corrected chi connectivity index (χ0v) is 21.0. The zero-order chi connectivity index (χ0) is 23.7. The number of hydrogen-bond acceptors (Lipinski definition) is 0. The maximum absolute atomic E-state index is 6.42. The summed E-state index contributed by atoms with van der Waals surface area (Å²) in [5.74, 6) is 0.509. The summed E-state index contributed by atoms with van der Waals surface area (Å²) in [5, 5.41) is 5.93. The van der Waals surface area contributed by atoms with Gasteiger partial charge in [-0.1, -0.05) is 59.4 Å². The Bertz CT molecular complexity index is 1740. The van der Waals surface area contributed by atoms with Gasteiger partial charge in [0.15, 0.2) is 0 Å². The van der Waals surface area contributed by atoms with Crippen LogP contribution < -0.4 is 0 Å². The van der Waals surface area contributed by atoms with E-state index in [9.17, 15) is 0 Å². The number of halogens is 3. The van der Waals surface area contributed by atoms with Crippen LogP contribution in [-0.4, -0.2) is 15.0 Å². The Morgan fingerprint density at radius 2 is 1.11 bits per heavy atom. The van der Waals surface area contributed by atoms with E-state index in [0.717, 1.165) is 50.9 Å². The fourth-order valence-corrected chi connectivity index (χ4v) is 6.63. The van der Waals surface area contributed by atoms with Gasteiger partial charge in [0.25, 0.3) is 0 Å². The average molecular weight is 519 g/mol. The van der Waals surface area contributed by atoms with Gasteiger partial charge in [0.2, 0.25) is 0 Å². The molecule has 7 rings (SSSR count). The Kier molecular flexibility index (Phi) is 4.96. The molecule has 174 valence electrons. The Morgan fingerprint density at radius 1 is 0.600 bits per heavy atom. The molecule has 0 radical (unpaired) electrons. The Morgan fingerprint density at radius 3 is 1.74 bits per heavy atom. The molecule has 3 heterocycles. The third kappa shape index (κ3) is 3.41. The number of aromatic nitrogens is 3. The lowest BCUT2D eigenvalue weighted by Crippen LogP contribution is -2.04. The van der Waals surface area contributed by atoms with Gasteiger partial charge in [0.1, 0.15) is 0 Å². The molecule has 6 aromatic rings. The van der Waals surface area contributed by atoms with Gasteiger partial charge in [0, 0.05) is 77.7 Å². The van der Waals surface area contributed by atoms with Crippen LogP contribution >= 0.6 is 34.8 Å². The highest BCUT2D eigenvalue weighted by atomic mass is 35.5. The fraction of sp³-hybridized carbons (Fsp3) is 0.172. The van der Waals surface area contributed by atoms with Crippen molar-refractivity contribution in [3.8, 4) is 0 Å². The number of aromatic amines is 3. The summed E-state index contributed by atoms with van der Waals surface area (Å²) in [7, 11) is 0. The standard InChI is InChI=1S/C29H22Cl3N3/c30-15-4-7-18-23(13-33-25(18)10-15)20-2-1-3-21(24-14-34-26-11-16(31)5-8-19(24)26)29-28(20)22-9-6-17(32)12-27(22)35-29/h4-14,20-21,33-35H,1-3H2/t20-,21-/m0/s1. The summed E-state index contributed by atoms with van der Waals surface area (Å²) < 4.78 is 0. The normalized spacial score (nSPS) is 18.4. The van der Waals surface area contributed by atoms with E-state index in [1.807, 2.05) is 36.4 Å². The van der Waals surface area contributed by atoms with Gasteiger partial charge in [-0.2, -0.15) is 0 Å². The number of nitrogens with one attached hydrogen (secondary N) is 3. The van der Waals surface area contributed by atoms with Crippen LogP contribution in [-0.2, 0) is 0 Å². The van der Waals surface area contributed by atoms with Gasteiger partial charge in [-0.15, -0.1) is 0 Å². The summed E-state index contributed by atoms with van der Waals surface area (Å²) in [6.45, 7) is 0. The van der Waals surface area contributed by atoms with E-state index < -0.39 is 0 Å². The maximum atomic E-state index is 6.42. The topological polar surface area (TPSA) is 47.4 Å². The number of benzene rings is 3. The lowest BCUT2D eigenvalue weighted by molar-refractivity contribution is 0.628. The third-order valence-corrected chi connectivity index (χ3v) is 8.32. The molecule has 2 atom stereocenters. The van der Waals surface area contributed by atoms with Crippen molar-refractivity contribution >= 4 is 67.5 Å². The minimum Gasteiger partial charge on any atom is -0.361 e. The summed E-state index contributed by atoms with van der Waals surface area (Å²) in [5.41, 5.74) is 8.52. The smallest absolute Gasteiger partial charge is 0.0474 e. The van der Waals surface area contributed by atoms with Crippen molar-refractivity contribution in [3.05, 3.63) is 104 Å². The number of fused-ring (bicyclic) bond motifs is 5. The summed E-state index contributed by atoms with van der Waals surface area (Å²) >= 11 is 19.0. The third-order valence-electron chi connectivity index (χ3n) is 7.62. The van der Waals surface area contributed by atoms with E-state index in [4.69, 9.17) is 34.8 Å². The highest BCUT2D eigenvalue weighted by Crippen LogP contribution is 2.48. The maximum Gasteiger partial charge on any atom is 0.0474 e. The van der Waals surface area contributed by atoms with Crippen molar-refractivity contribution in [1.29, 1.82) is 0 Å². The molecule has 3 nitrogen and oxygen atoms in total. The molecule has 0 amide bonds. The second-order valence-corrected chi connectivity index (χ2v) is 10.9. The van der Waals surface area contributed by atoms with Crippen LogP contribution in [0.15, 0.2) is 67.0 Å². The molecule has 0 bridgehead atoms. The number of H-pyrrole nitrogens is 3. The Hall–Kier alpha value is -2.85. The molecule has 0 unspecified atom stereocenters. The lowest BCUT2D eigenvalue weighted by Gasteiger charge is -2.18. The average Bonchev–Trinajstić information content (AvgIpc) is 3.51. The van der Waals surface area contributed by atoms with E-state index in [0.29, 0.717) is 0 Å². The van der Waals surface area contributed by atoms with Gasteiger partial charge < -0.3 is 15.0 Å². The second kappa shape index (κ2) is 8.09. The SMILES string of the molecule is Clc1ccc2c([C@@H]3CCC[C@@H](c4c[nH]c5cc(Cl)ccc45)c4c3[nH]c3cc(Cl)ccc43)c[nH]c2c1. The van der Waals surface area contributed by atoms with Crippen molar-refractivity contribution in [2.24, 2.45) is 0 Å². The number of rotatable bonds is 2. The molecular weight excluding hydrogens is 497 g/mol. The molecule has 35 heavy (non-hydrogen) atoms. The van der Waals surface area contributed by atoms with Crippen LogP contribution in [0.4, 0.5) is 0 Å². The van der Waals surface area contributed by atoms with Crippen molar-refractivity contribution in [2.45, 2.75) is 31.1 Å². The van der Waals surface area contributed by atoms with E-state index in [1.165, 1.54) is 38.5 Å². The van der Waals surface area contributed by atoms with Gasteiger partial charge in [0.05, 0.1) is 0 Å². The fourth-order valence-electron chi connectivity index (χ4n) is 6.12. The predicted octanol–water partition coefficient (Wildman–Crippen LogP) is 9.54. The summed E-state index contributed by atoms with van der Waals surface area (Å²) in [4.78, 5) is 10.7. The van der Waals surface area contributed by atoms with Gasteiger partial charge in [-0.05, 0) is 65.9 Å². The van der Waals surface area contributed by atoms with Crippen LogP contribution in [0.5, 0.6) is 0 Å². The molecule has 0 aliphatic heterocycles. The highest BCUT2D eigenvalue weighted by molar-refractivity contribution is 6.32. The van der Waals surface area contributed by atoms with E-state index in [-0.39, 0.29) is 11.8 Å². The monoisotopic (exact) mass is 517 g/mol. The molecule has 3 aromatic heterocycles. The van der Waals surface area contributed by atoms with Gasteiger partial charge in [-0.25, -0.2) is 0 Å². The van der Waals surface area contributed by atoms with Crippen LogP contribution in [0.2, 0.25) is 15.1 Å². The van der Waals surface area contributed by atoms with Crippen molar-refractivity contribution in [1.82, 2.24) is 15.0 Å². The van der Waals surface area contributed by atoms with Crippen molar-refractivity contribution in [2.75, 3.05) is 0 Å². The van der Waals surface area contributed by atoms with E-state index in [1.54, 1.807) is 0 Å². The molecule has 1 aliphatic carbocycles. The van der Waals surface area contributed by atoms with Crippen molar-refractivity contribution < 1.29 is 0 Å². The van der Waals surface area contributed by atoms with E-state index in [2.05, 4.69) is 45.5 Å². The zero-order valence-electron chi connectivity index (χ0n) is 18.8. The van der Waals surface area contributed by atoms with Crippen molar-refractivity contribution in [3.63, 3.8) is 0 Å². The molecular formula is C29H22Cl3N3. The van der Waals surface area contributed by atoms with Gasteiger partial charge >= 0.3 is 0 Å². The molecule has 0 saturated carbocycles. The Balaban J connectivity index is 1.47. The van der Waals surface area contributed by atoms with E-state index >= 15 is 0 Å². The minimum atomic E-state index is 0.246. The first-order valence-electron chi connectivity index (χ1n) is 11.9. The molecule has 6 heteroatoms. The molecule has 0 saturated heterocycles. The largest absolute Gasteiger partial charge is 0.361 e. The first kappa shape index (κ1) is 21.4. The van der Waals surface area contributed by atoms with Crippen LogP contribution in [0.3, 0.4) is 0 Å². The first-order valence-corrected chi connectivity index (χ1v) is 13.0. The molecule has 3 aromatic carbocycles. The second-order valence-electron chi connectivity index (χ2n) is 9.55. The lowest BCUT2D eigenvalue weighted by atomic mass is 9.85. The predicted molar refractivity (Wildman–Crippen MR) is 147 cm³/mol. The molecule has 3 N–H and O–H groups in total. The van der Waals surface area contributed by atoms with Crippen LogP contribution in [0, 0.1) is 0 Å². The quantitative estimate of drug-likeness (QED) is 0.191. The number of hydrogen-bond donors (Lipinski definition) is 3. The van der Waals surface area contributed by atoms with Gasteiger partial charge in [-0.3, -0.25) is 0 Å².